The van der Waals surface area contributed by atoms with Gasteiger partial charge in [0.25, 0.3) is 5.91 Å². The van der Waals surface area contributed by atoms with Crippen molar-refractivity contribution in [3.05, 3.63) is 83.4 Å². The molecule has 2 aromatic carbocycles. The second kappa shape index (κ2) is 10.5. The molecule has 196 valence electrons. The van der Waals surface area contributed by atoms with Gasteiger partial charge in [0.1, 0.15) is 0 Å². The number of nitrogens with zero attached hydrogens (tertiary/aromatic N) is 3. The summed E-state index contributed by atoms with van der Waals surface area (Å²) in [6.45, 7) is 3.92. The molecule has 1 aliphatic carbocycles. The summed E-state index contributed by atoms with van der Waals surface area (Å²) < 4.78 is 5.33. The lowest BCUT2D eigenvalue weighted by atomic mass is 9.84. The number of nitrogens with two attached hydrogens (primary N) is 1. The molecule has 8 heteroatoms. The minimum atomic E-state index is -0.239. The van der Waals surface area contributed by atoms with E-state index in [9.17, 15) is 4.79 Å². The van der Waals surface area contributed by atoms with Gasteiger partial charge >= 0.3 is 0 Å². The topological polar surface area (TPSA) is 117 Å². The molecule has 1 aromatic heterocycles. The van der Waals surface area contributed by atoms with Crippen LogP contribution < -0.4 is 16.0 Å². The lowest BCUT2D eigenvalue weighted by Gasteiger charge is -2.47. The van der Waals surface area contributed by atoms with Crippen molar-refractivity contribution in [2.24, 2.45) is 17.8 Å². The summed E-state index contributed by atoms with van der Waals surface area (Å²) >= 11 is 0. The molecule has 3 aliphatic rings. The van der Waals surface area contributed by atoms with Gasteiger partial charge in [-0.1, -0.05) is 25.0 Å². The highest BCUT2D eigenvalue weighted by Crippen LogP contribution is 2.35. The van der Waals surface area contributed by atoms with Gasteiger partial charge < -0.3 is 20.7 Å². The normalized spacial score (nSPS) is 19.0. The van der Waals surface area contributed by atoms with Gasteiger partial charge in [0.15, 0.2) is 5.82 Å². The maximum Gasteiger partial charge on any atom is 0.251 e. The Morgan fingerprint density at radius 2 is 1.68 bits per heavy atom. The molecule has 2 aliphatic heterocycles. The molecule has 1 saturated carbocycles. The molecule has 38 heavy (non-hydrogen) atoms. The van der Waals surface area contributed by atoms with Crippen molar-refractivity contribution >= 4 is 23.0 Å². The summed E-state index contributed by atoms with van der Waals surface area (Å²) in [6, 6.07) is 14.8. The van der Waals surface area contributed by atoms with E-state index in [0.717, 1.165) is 63.5 Å². The number of anilines is 2. The van der Waals surface area contributed by atoms with Crippen molar-refractivity contribution in [2.75, 3.05) is 36.9 Å². The smallest absolute Gasteiger partial charge is 0.251 e. The fourth-order valence-corrected chi connectivity index (χ4v) is 5.84. The van der Waals surface area contributed by atoms with Gasteiger partial charge in [0.2, 0.25) is 0 Å². The van der Waals surface area contributed by atoms with Crippen LogP contribution in [0.5, 0.6) is 0 Å². The van der Waals surface area contributed by atoms with Crippen molar-refractivity contribution in [1.82, 2.24) is 15.3 Å². The Labute approximate surface area is 223 Å². The Hall–Kier alpha value is -3.78. The zero-order chi connectivity index (χ0) is 26.1. The fourth-order valence-electron chi connectivity index (χ4n) is 5.84. The summed E-state index contributed by atoms with van der Waals surface area (Å²) in [4.78, 5) is 24.6. The highest BCUT2D eigenvalue weighted by Gasteiger charge is 2.37. The second-order valence-electron chi connectivity index (χ2n) is 10.8. The van der Waals surface area contributed by atoms with Gasteiger partial charge in [-0.05, 0) is 55.2 Å². The molecular formula is C30H34N6O2. The number of aromatic nitrogens is 2. The van der Waals surface area contributed by atoms with E-state index >= 15 is 0 Å². The standard InChI is InChI=1S/C30H34N6O2/c31-26-11-8-21(30(37)35-28(20-4-1-2-5-20)29-33-12-3-13-34-29)14-25(26)27(32)19-6-9-24(10-7-19)36-15-22(16-36)23-17-38-18-23/h3,6-14,20,22-23,28,32H,1-2,4-5,15-18,31H2,(H,35,37). The quantitative estimate of drug-likeness (QED) is 0.309. The number of hydrogen-bond acceptors (Lipinski definition) is 7. The lowest BCUT2D eigenvalue weighted by Crippen LogP contribution is -2.54. The SMILES string of the molecule is N=C(c1ccc(N2CC(C3COC3)C2)cc1)c1cc(C(=O)NC(c2ncccn2)C2CCCC2)ccc1N. The first-order valence-electron chi connectivity index (χ1n) is 13.6. The van der Waals surface area contributed by atoms with E-state index < -0.39 is 0 Å². The maximum atomic E-state index is 13.4. The first-order valence-corrected chi connectivity index (χ1v) is 13.6. The van der Waals surface area contributed by atoms with Crippen molar-refractivity contribution in [3.8, 4) is 0 Å². The number of carbonyl (C=O) groups excluding carboxylic acids is 1. The van der Waals surface area contributed by atoms with E-state index in [1.54, 1.807) is 36.7 Å². The molecule has 3 aromatic rings. The average molecular weight is 511 g/mol. The largest absolute Gasteiger partial charge is 0.398 e. The van der Waals surface area contributed by atoms with Crippen LogP contribution >= 0.6 is 0 Å². The first kappa shape index (κ1) is 24.6. The maximum absolute atomic E-state index is 13.4. The number of benzene rings is 2. The molecular weight excluding hydrogens is 476 g/mol. The second-order valence-corrected chi connectivity index (χ2v) is 10.8. The molecule has 6 rings (SSSR count). The summed E-state index contributed by atoms with van der Waals surface area (Å²) in [5.41, 5.74) is 10.0. The molecule has 1 amide bonds. The number of ether oxygens (including phenoxy) is 1. The number of amides is 1. The molecule has 3 fully saturated rings. The predicted molar refractivity (Wildman–Crippen MR) is 147 cm³/mol. The molecule has 8 nitrogen and oxygen atoms in total. The Morgan fingerprint density at radius 3 is 2.34 bits per heavy atom. The van der Waals surface area contributed by atoms with Crippen LogP contribution in [0.3, 0.4) is 0 Å². The van der Waals surface area contributed by atoms with E-state index in [1.807, 2.05) is 12.1 Å². The van der Waals surface area contributed by atoms with Crippen LogP contribution in [0.2, 0.25) is 0 Å². The molecule has 1 atom stereocenters. The Bertz CT molecular complexity index is 1300. The zero-order valence-corrected chi connectivity index (χ0v) is 21.5. The Balaban J connectivity index is 1.16. The summed E-state index contributed by atoms with van der Waals surface area (Å²) in [7, 11) is 0. The van der Waals surface area contributed by atoms with Crippen LogP contribution in [0.15, 0.2) is 60.9 Å². The monoisotopic (exact) mass is 510 g/mol. The van der Waals surface area contributed by atoms with Gasteiger partial charge in [-0.25, -0.2) is 9.97 Å². The van der Waals surface area contributed by atoms with Crippen LogP contribution in [-0.2, 0) is 4.74 Å². The van der Waals surface area contributed by atoms with E-state index in [2.05, 4.69) is 32.3 Å². The third kappa shape index (κ3) is 4.88. The first-order chi connectivity index (χ1) is 18.6. The zero-order valence-electron chi connectivity index (χ0n) is 21.5. The van der Waals surface area contributed by atoms with Crippen LogP contribution in [0, 0.1) is 23.2 Å². The van der Waals surface area contributed by atoms with Gasteiger partial charge in [0.05, 0.1) is 25.0 Å². The van der Waals surface area contributed by atoms with E-state index in [-0.39, 0.29) is 11.9 Å². The summed E-state index contributed by atoms with van der Waals surface area (Å²) in [5.74, 6) is 2.18. The Morgan fingerprint density at radius 1 is 1.00 bits per heavy atom. The van der Waals surface area contributed by atoms with Crippen LogP contribution in [0.1, 0.15) is 59.0 Å². The molecule has 0 spiro atoms. The van der Waals surface area contributed by atoms with Crippen molar-refractivity contribution in [3.63, 3.8) is 0 Å². The molecule has 0 radical (unpaired) electrons. The molecule has 3 heterocycles. The van der Waals surface area contributed by atoms with Crippen molar-refractivity contribution < 1.29 is 9.53 Å². The molecule has 1 unspecified atom stereocenters. The van der Waals surface area contributed by atoms with Crippen LogP contribution in [0.4, 0.5) is 11.4 Å². The highest BCUT2D eigenvalue weighted by atomic mass is 16.5. The van der Waals surface area contributed by atoms with Crippen LogP contribution in [0.25, 0.3) is 0 Å². The molecule has 4 N–H and O–H groups in total. The summed E-state index contributed by atoms with van der Waals surface area (Å²) in [5, 5.41) is 12.0. The third-order valence-electron chi connectivity index (χ3n) is 8.37. The number of nitrogens with one attached hydrogen (secondary N) is 2. The third-order valence-corrected chi connectivity index (χ3v) is 8.37. The number of nitrogen functional groups attached to an aromatic ring is 1. The fraction of sp³-hybridized carbons (Fsp3) is 0.400. The predicted octanol–water partition coefficient (Wildman–Crippen LogP) is 4.22. The Kier molecular flexibility index (Phi) is 6.81. The van der Waals surface area contributed by atoms with Gasteiger partial charge in [-0.3, -0.25) is 10.2 Å². The van der Waals surface area contributed by atoms with Gasteiger partial charge in [0, 0.05) is 65.4 Å². The number of carbonyl (C=O) groups is 1. The van der Waals surface area contributed by atoms with E-state index in [1.165, 1.54) is 5.69 Å². The van der Waals surface area contributed by atoms with E-state index in [4.69, 9.17) is 15.9 Å². The van der Waals surface area contributed by atoms with Gasteiger partial charge in [-0.15, -0.1) is 0 Å². The minimum absolute atomic E-state index is 0.206. The van der Waals surface area contributed by atoms with Crippen molar-refractivity contribution in [1.29, 1.82) is 5.41 Å². The minimum Gasteiger partial charge on any atom is -0.398 e. The summed E-state index contributed by atoms with van der Waals surface area (Å²) in [6.07, 6.45) is 7.83. The average Bonchev–Trinajstić information content (AvgIpc) is 3.43. The van der Waals surface area contributed by atoms with Crippen molar-refractivity contribution in [2.45, 2.75) is 31.7 Å². The van der Waals surface area contributed by atoms with Gasteiger partial charge in [-0.2, -0.15) is 0 Å². The highest BCUT2D eigenvalue weighted by molar-refractivity contribution is 6.15. The number of hydrogen-bond donors (Lipinski definition) is 3. The number of rotatable bonds is 8. The lowest BCUT2D eigenvalue weighted by molar-refractivity contribution is -0.0659. The van der Waals surface area contributed by atoms with Crippen LogP contribution in [-0.4, -0.2) is 47.9 Å². The molecule has 0 bridgehead atoms. The molecule has 2 saturated heterocycles. The van der Waals surface area contributed by atoms with E-state index in [0.29, 0.717) is 40.2 Å².